The van der Waals surface area contributed by atoms with Gasteiger partial charge in [-0.3, -0.25) is 9.59 Å². The molecule has 1 aliphatic heterocycles. The van der Waals surface area contributed by atoms with Crippen molar-refractivity contribution in [1.82, 2.24) is 9.80 Å². The monoisotopic (exact) mass is 394 g/mol. The van der Waals surface area contributed by atoms with Crippen LogP contribution >= 0.6 is 0 Å². The summed E-state index contributed by atoms with van der Waals surface area (Å²) < 4.78 is 0. The smallest absolute Gasteiger partial charge is 0.253 e. The molecule has 2 aromatic rings. The van der Waals surface area contributed by atoms with E-state index in [2.05, 4.69) is 45.0 Å². The summed E-state index contributed by atoms with van der Waals surface area (Å²) in [6.07, 6.45) is 1.22. The van der Waals surface area contributed by atoms with E-state index in [0.717, 1.165) is 6.42 Å². The van der Waals surface area contributed by atoms with Gasteiger partial charge in [-0.1, -0.05) is 45.0 Å². The summed E-state index contributed by atoms with van der Waals surface area (Å²) in [5.41, 5.74) is 3.15. The molecule has 0 saturated carbocycles. The van der Waals surface area contributed by atoms with E-state index < -0.39 is 0 Å². The lowest BCUT2D eigenvalue weighted by Gasteiger charge is -2.35. The maximum Gasteiger partial charge on any atom is 0.253 e. The Kier molecular flexibility index (Phi) is 6.26. The van der Waals surface area contributed by atoms with Crippen LogP contribution in [0, 0.1) is 0 Å². The van der Waals surface area contributed by atoms with E-state index in [4.69, 9.17) is 0 Å². The number of benzene rings is 2. The van der Waals surface area contributed by atoms with Crippen molar-refractivity contribution in [2.45, 2.75) is 39.0 Å². The minimum atomic E-state index is -0.0592. The fourth-order valence-electron chi connectivity index (χ4n) is 3.53. The molecule has 0 atom stereocenters. The van der Waals surface area contributed by atoms with Gasteiger partial charge in [0.2, 0.25) is 5.91 Å². The maximum absolute atomic E-state index is 12.6. The average molecular weight is 395 g/mol. The first-order valence-electron chi connectivity index (χ1n) is 10.2. The Hall–Kier alpha value is -2.82. The molecule has 29 heavy (non-hydrogen) atoms. The summed E-state index contributed by atoms with van der Waals surface area (Å²) in [6, 6.07) is 14.8. The Morgan fingerprint density at radius 2 is 1.41 bits per heavy atom. The lowest BCUT2D eigenvalue weighted by Crippen LogP contribution is -2.50. The van der Waals surface area contributed by atoms with Crippen molar-refractivity contribution in [1.29, 1.82) is 0 Å². The normalized spacial score (nSPS) is 14.7. The fraction of sp³-hybridized carbons (Fsp3) is 0.417. The van der Waals surface area contributed by atoms with Crippen LogP contribution in [0.2, 0.25) is 0 Å². The number of rotatable bonds is 4. The van der Waals surface area contributed by atoms with E-state index in [1.54, 1.807) is 17.0 Å². The minimum absolute atomic E-state index is 0.0592. The van der Waals surface area contributed by atoms with Crippen LogP contribution in [0.15, 0.2) is 48.5 Å². The quantitative estimate of drug-likeness (QED) is 0.862. The number of amides is 2. The Balaban J connectivity index is 1.47. The SMILES string of the molecule is CC(C)(C)c1ccc(CCC(=O)N2CCN(C(=O)c3ccc(O)cc3)CC2)cc1. The highest BCUT2D eigenvalue weighted by Crippen LogP contribution is 2.22. The van der Waals surface area contributed by atoms with E-state index in [-0.39, 0.29) is 23.0 Å². The van der Waals surface area contributed by atoms with Crippen LogP contribution in [-0.2, 0) is 16.6 Å². The summed E-state index contributed by atoms with van der Waals surface area (Å²) in [6.45, 7) is 8.77. The molecule has 1 N–H and O–H groups in total. The molecule has 1 fully saturated rings. The third-order valence-corrected chi connectivity index (χ3v) is 5.48. The summed E-state index contributed by atoms with van der Waals surface area (Å²) in [5.74, 6) is 0.225. The number of aromatic hydroxyl groups is 1. The first kappa shape index (κ1) is 20.9. The van der Waals surface area contributed by atoms with Crippen molar-refractivity contribution < 1.29 is 14.7 Å². The lowest BCUT2D eigenvalue weighted by molar-refractivity contribution is -0.132. The number of carbonyl (C=O) groups is 2. The molecule has 2 aromatic carbocycles. The molecular weight excluding hydrogens is 364 g/mol. The van der Waals surface area contributed by atoms with Crippen molar-refractivity contribution in [2.24, 2.45) is 0 Å². The minimum Gasteiger partial charge on any atom is -0.508 e. The van der Waals surface area contributed by atoms with Gasteiger partial charge in [-0.2, -0.15) is 0 Å². The molecule has 5 nitrogen and oxygen atoms in total. The number of carbonyl (C=O) groups excluding carboxylic acids is 2. The maximum atomic E-state index is 12.6. The van der Waals surface area contributed by atoms with Gasteiger partial charge in [0.05, 0.1) is 0 Å². The third kappa shape index (κ3) is 5.37. The molecule has 5 heteroatoms. The molecule has 0 unspecified atom stereocenters. The predicted molar refractivity (Wildman–Crippen MR) is 114 cm³/mol. The highest BCUT2D eigenvalue weighted by Gasteiger charge is 2.24. The number of piperazine rings is 1. The molecule has 0 spiro atoms. The second kappa shape index (κ2) is 8.68. The van der Waals surface area contributed by atoms with Gasteiger partial charge < -0.3 is 14.9 Å². The average Bonchev–Trinajstić information content (AvgIpc) is 2.72. The molecule has 1 aliphatic rings. The highest BCUT2D eigenvalue weighted by atomic mass is 16.3. The second-order valence-corrected chi connectivity index (χ2v) is 8.67. The number of hydrogen-bond acceptors (Lipinski definition) is 3. The number of hydrogen-bond donors (Lipinski definition) is 1. The lowest BCUT2D eigenvalue weighted by atomic mass is 9.86. The van der Waals surface area contributed by atoms with E-state index in [0.29, 0.717) is 38.2 Å². The zero-order valence-electron chi connectivity index (χ0n) is 17.5. The van der Waals surface area contributed by atoms with Gasteiger partial charge in [0.25, 0.3) is 5.91 Å². The van der Waals surface area contributed by atoms with Crippen LogP contribution in [0.1, 0.15) is 48.7 Å². The molecule has 0 aliphatic carbocycles. The number of phenols is 1. The zero-order valence-corrected chi connectivity index (χ0v) is 17.5. The van der Waals surface area contributed by atoms with E-state index >= 15 is 0 Å². The molecule has 0 radical (unpaired) electrons. The molecular formula is C24H30N2O3. The first-order valence-corrected chi connectivity index (χ1v) is 10.2. The standard InChI is InChI=1S/C24H30N2O3/c1-24(2,3)20-9-4-18(5-10-20)6-13-22(28)25-14-16-26(17-15-25)23(29)19-7-11-21(27)12-8-19/h4-5,7-12,27H,6,13-17H2,1-3H3. The molecule has 154 valence electrons. The van der Waals surface area contributed by atoms with Gasteiger partial charge >= 0.3 is 0 Å². The van der Waals surface area contributed by atoms with Crippen LogP contribution < -0.4 is 0 Å². The summed E-state index contributed by atoms with van der Waals surface area (Å²) in [7, 11) is 0. The van der Waals surface area contributed by atoms with Crippen LogP contribution in [-0.4, -0.2) is 52.9 Å². The number of aryl methyl sites for hydroxylation is 1. The Labute approximate surface area is 172 Å². The van der Waals surface area contributed by atoms with Crippen molar-refractivity contribution in [3.05, 3.63) is 65.2 Å². The zero-order chi connectivity index (χ0) is 21.0. The van der Waals surface area contributed by atoms with Crippen LogP contribution in [0.4, 0.5) is 0 Å². The molecule has 2 amide bonds. The van der Waals surface area contributed by atoms with Crippen LogP contribution in [0.25, 0.3) is 0 Å². The van der Waals surface area contributed by atoms with Crippen molar-refractivity contribution >= 4 is 11.8 Å². The Morgan fingerprint density at radius 3 is 1.97 bits per heavy atom. The predicted octanol–water partition coefficient (Wildman–Crippen LogP) is 3.61. The first-order chi connectivity index (χ1) is 13.7. The second-order valence-electron chi connectivity index (χ2n) is 8.67. The Bertz CT molecular complexity index is 843. The van der Waals surface area contributed by atoms with Gasteiger partial charge in [-0.05, 0) is 47.2 Å². The molecule has 1 heterocycles. The van der Waals surface area contributed by atoms with Gasteiger partial charge in [-0.25, -0.2) is 0 Å². The van der Waals surface area contributed by atoms with E-state index in [9.17, 15) is 14.7 Å². The largest absolute Gasteiger partial charge is 0.508 e. The van der Waals surface area contributed by atoms with Crippen molar-refractivity contribution in [3.8, 4) is 5.75 Å². The summed E-state index contributed by atoms with van der Waals surface area (Å²) in [4.78, 5) is 28.7. The van der Waals surface area contributed by atoms with Gasteiger partial charge in [0.15, 0.2) is 0 Å². The molecule has 3 rings (SSSR count). The molecule has 0 aromatic heterocycles. The Morgan fingerprint density at radius 1 is 0.862 bits per heavy atom. The van der Waals surface area contributed by atoms with Crippen molar-refractivity contribution in [3.63, 3.8) is 0 Å². The van der Waals surface area contributed by atoms with Gasteiger partial charge in [0.1, 0.15) is 5.75 Å². The number of phenolic OH excluding ortho intramolecular Hbond substituents is 1. The topological polar surface area (TPSA) is 60.9 Å². The highest BCUT2D eigenvalue weighted by molar-refractivity contribution is 5.94. The van der Waals surface area contributed by atoms with E-state index in [1.807, 2.05) is 4.90 Å². The van der Waals surface area contributed by atoms with Crippen molar-refractivity contribution in [2.75, 3.05) is 26.2 Å². The van der Waals surface area contributed by atoms with E-state index in [1.165, 1.54) is 23.3 Å². The van der Waals surface area contributed by atoms with Gasteiger partial charge in [0, 0.05) is 38.2 Å². The third-order valence-electron chi connectivity index (χ3n) is 5.48. The molecule has 1 saturated heterocycles. The van der Waals surface area contributed by atoms with Crippen LogP contribution in [0.3, 0.4) is 0 Å². The number of nitrogens with zero attached hydrogens (tertiary/aromatic N) is 2. The summed E-state index contributed by atoms with van der Waals surface area (Å²) in [5, 5.41) is 9.36. The molecule has 0 bridgehead atoms. The van der Waals surface area contributed by atoms with Gasteiger partial charge in [-0.15, -0.1) is 0 Å². The fourth-order valence-corrected chi connectivity index (χ4v) is 3.53. The van der Waals surface area contributed by atoms with Crippen LogP contribution in [0.5, 0.6) is 5.75 Å². The summed E-state index contributed by atoms with van der Waals surface area (Å²) >= 11 is 0.